The lowest BCUT2D eigenvalue weighted by molar-refractivity contribution is -0.138. The minimum absolute atomic E-state index is 0.0749. The number of carboxylic acids is 1. The fraction of sp³-hybridized carbons (Fsp3) is 0.600. The maximum absolute atomic E-state index is 12.6. The Labute approximate surface area is 159 Å². The number of benzene rings is 1. The molecule has 142 valence electrons. The fourth-order valence-corrected chi connectivity index (χ4v) is 5.92. The third kappa shape index (κ3) is 3.14. The van der Waals surface area contributed by atoms with Gasteiger partial charge in [0.05, 0.1) is 0 Å². The number of fused-ring (bicyclic) bond motifs is 2. The van der Waals surface area contributed by atoms with E-state index in [0.29, 0.717) is 18.1 Å². The first-order valence-corrected chi connectivity index (χ1v) is 10.1. The maximum Gasteiger partial charge on any atom is 0.320 e. The molecule has 26 heavy (non-hydrogen) atoms. The average molecular weight is 377 g/mol. The van der Waals surface area contributed by atoms with E-state index < -0.39 is 12.0 Å². The molecule has 0 saturated heterocycles. The molecule has 2 bridgehead atoms. The first kappa shape index (κ1) is 19.2. The standard InChI is InChI=1S/C20H28N2O3S/c1-12-4-5-15(8-13(12)9-16(21)18(24)25)22-26-11-20-7-6-14(10-17(20)23)19(20,2)3/h4-5,8,14,16,22H,6-7,9-11,21H2,1-3H3,(H,24,25). The van der Waals surface area contributed by atoms with Gasteiger partial charge in [-0.25, -0.2) is 0 Å². The highest BCUT2D eigenvalue weighted by atomic mass is 32.2. The number of rotatable bonds is 7. The molecule has 2 saturated carbocycles. The van der Waals surface area contributed by atoms with E-state index in [1.54, 1.807) is 11.9 Å². The van der Waals surface area contributed by atoms with E-state index in [0.717, 1.165) is 41.8 Å². The molecule has 3 atom stereocenters. The predicted octanol–water partition coefficient (Wildman–Crippen LogP) is 3.40. The van der Waals surface area contributed by atoms with Crippen LogP contribution in [0, 0.1) is 23.7 Å². The second-order valence-electron chi connectivity index (χ2n) is 8.35. The van der Waals surface area contributed by atoms with Gasteiger partial charge in [0, 0.05) is 23.3 Å². The van der Waals surface area contributed by atoms with Gasteiger partial charge in [-0.3, -0.25) is 9.59 Å². The summed E-state index contributed by atoms with van der Waals surface area (Å²) in [6, 6.07) is 5.01. The van der Waals surface area contributed by atoms with Crippen LogP contribution in [0.5, 0.6) is 0 Å². The molecule has 0 heterocycles. The van der Waals surface area contributed by atoms with E-state index in [4.69, 9.17) is 10.8 Å². The molecule has 4 N–H and O–H groups in total. The van der Waals surface area contributed by atoms with Gasteiger partial charge in [-0.2, -0.15) is 0 Å². The zero-order valence-corrected chi connectivity index (χ0v) is 16.5. The number of carboxylic acid groups (broad SMARTS) is 1. The Kier molecular flexibility index (Phi) is 5.10. The lowest BCUT2D eigenvalue weighted by Gasteiger charge is -2.36. The van der Waals surface area contributed by atoms with Crippen LogP contribution in [0.3, 0.4) is 0 Å². The molecule has 0 aromatic heterocycles. The highest BCUT2D eigenvalue weighted by molar-refractivity contribution is 8.00. The quantitative estimate of drug-likeness (QED) is 0.632. The Balaban J connectivity index is 1.65. The van der Waals surface area contributed by atoms with Crippen LogP contribution in [0.1, 0.15) is 44.2 Å². The number of aryl methyl sites for hydroxylation is 1. The summed E-state index contributed by atoms with van der Waals surface area (Å²) < 4.78 is 3.35. The molecule has 0 amide bonds. The molecule has 0 radical (unpaired) electrons. The van der Waals surface area contributed by atoms with Gasteiger partial charge in [-0.05, 0) is 60.8 Å². The third-order valence-electron chi connectivity index (χ3n) is 6.75. The van der Waals surface area contributed by atoms with E-state index in [-0.39, 0.29) is 10.8 Å². The highest BCUT2D eigenvalue weighted by Crippen LogP contribution is 2.64. The summed E-state index contributed by atoms with van der Waals surface area (Å²) in [5.74, 6) is 0.728. The van der Waals surface area contributed by atoms with Crippen molar-refractivity contribution < 1.29 is 14.7 Å². The molecule has 3 rings (SSSR count). The lowest BCUT2D eigenvalue weighted by Crippen LogP contribution is -2.38. The molecule has 1 aromatic carbocycles. The molecule has 0 aliphatic heterocycles. The zero-order chi connectivity index (χ0) is 19.1. The van der Waals surface area contributed by atoms with Crippen molar-refractivity contribution in [3.63, 3.8) is 0 Å². The van der Waals surface area contributed by atoms with Gasteiger partial charge < -0.3 is 15.6 Å². The maximum atomic E-state index is 12.6. The summed E-state index contributed by atoms with van der Waals surface area (Å²) in [5.41, 5.74) is 8.41. The Bertz CT molecular complexity index is 734. The van der Waals surface area contributed by atoms with Crippen LogP contribution in [-0.2, 0) is 16.0 Å². The number of ketones is 1. The van der Waals surface area contributed by atoms with Gasteiger partial charge in [-0.1, -0.05) is 31.9 Å². The minimum atomic E-state index is -0.992. The predicted molar refractivity (Wildman–Crippen MR) is 105 cm³/mol. The summed E-state index contributed by atoms with van der Waals surface area (Å²) in [7, 11) is 0. The van der Waals surface area contributed by atoms with Crippen molar-refractivity contribution in [1.82, 2.24) is 0 Å². The van der Waals surface area contributed by atoms with Crippen molar-refractivity contribution in [2.24, 2.45) is 22.5 Å². The Morgan fingerprint density at radius 1 is 1.46 bits per heavy atom. The first-order valence-electron chi connectivity index (χ1n) is 9.16. The van der Waals surface area contributed by atoms with Gasteiger partial charge in [0.25, 0.3) is 0 Å². The van der Waals surface area contributed by atoms with E-state index in [2.05, 4.69) is 18.6 Å². The van der Waals surface area contributed by atoms with Crippen LogP contribution in [0.15, 0.2) is 18.2 Å². The number of hydrogen-bond acceptors (Lipinski definition) is 5. The molecule has 2 aliphatic rings. The van der Waals surface area contributed by atoms with E-state index in [1.165, 1.54) is 0 Å². The monoisotopic (exact) mass is 376 g/mol. The van der Waals surface area contributed by atoms with Gasteiger partial charge >= 0.3 is 5.97 Å². The zero-order valence-electron chi connectivity index (χ0n) is 15.7. The average Bonchev–Trinajstić information content (AvgIpc) is 2.92. The van der Waals surface area contributed by atoms with Crippen LogP contribution in [0.25, 0.3) is 0 Å². The van der Waals surface area contributed by atoms with Crippen molar-refractivity contribution in [2.45, 2.75) is 52.5 Å². The smallest absolute Gasteiger partial charge is 0.320 e. The Hall–Kier alpha value is -1.53. The summed E-state index contributed by atoms with van der Waals surface area (Å²) in [4.78, 5) is 23.6. The van der Waals surface area contributed by atoms with Crippen molar-refractivity contribution >= 4 is 29.4 Å². The number of aliphatic carboxylic acids is 1. The Morgan fingerprint density at radius 2 is 2.19 bits per heavy atom. The van der Waals surface area contributed by atoms with Crippen molar-refractivity contribution in [3.8, 4) is 0 Å². The highest BCUT2D eigenvalue weighted by Gasteiger charge is 2.63. The van der Waals surface area contributed by atoms with Crippen molar-refractivity contribution in [3.05, 3.63) is 29.3 Å². The first-order chi connectivity index (χ1) is 12.2. The number of anilines is 1. The van der Waals surface area contributed by atoms with E-state index >= 15 is 0 Å². The second-order valence-corrected chi connectivity index (χ2v) is 9.13. The van der Waals surface area contributed by atoms with Crippen molar-refractivity contribution in [1.29, 1.82) is 0 Å². The van der Waals surface area contributed by atoms with E-state index in [1.807, 2.05) is 25.1 Å². The molecule has 5 nitrogen and oxygen atoms in total. The molecular formula is C20H28N2O3S. The summed E-state index contributed by atoms with van der Waals surface area (Å²) in [6.07, 6.45) is 3.18. The molecule has 2 aliphatic carbocycles. The Morgan fingerprint density at radius 3 is 2.77 bits per heavy atom. The van der Waals surface area contributed by atoms with E-state index in [9.17, 15) is 9.59 Å². The van der Waals surface area contributed by atoms with Crippen LogP contribution in [-0.4, -0.2) is 28.7 Å². The van der Waals surface area contributed by atoms with Crippen LogP contribution >= 0.6 is 11.9 Å². The molecular weight excluding hydrogens is 348 g/mol. The normalized spacial score (nSPS) is 27.5. The number of nitrogens with two attached hydrogens (primary N) is 1. The van der Waals surface area contributed by atoms with Gasteiger partial charge in [-0.15, -0.1) is 0 Å². The number of carbonyl (C=O) groups excluding carboxylic acids is 1. The molecule has 3 unspecified atom stereocenters. The van der Waals surface area contributed by atoms with Crippen molar-refractivity contribution in [2.75, 3.05) is 10.5 Å². The number of nitrogens with one attached hydrogen (secondary N) is 1. The number of hydrogen-bond donors (Lipinski definition) is 3. The number of Topliss-reactive ketones (excluding diaryl/α,β-unsaturated/α-hetero) is 1. The SMILES string of the molecule is Cc1ccc(NSCC23CCC(CC2=O)C3(C)C)cc1CC(N)C(=O)O. The van der Waals surface area contributed by atoms with Crippen LogP contribution < -0.4 is 10.5 Å². The number of carbonyl (C=O) groups is 2. The minimum Gasteiger partial charge on any atom is -0.480 e. The second kappa shape index (κ2) is 6.89. The topological polar surface area (TPSA) is 92.4 Å². The molecule has 1 aromatic rings. The molecule has 6 heteroatoms. The van der Waals surface area contributed by atoms with Crippen LogP contribution in [0.2, 0.25) is 0 Å². The van der Waals surface area contributed by atoms with Crippen LogP contribution in [0.4, 0.5) is 5.69 Å². The van der Waals surface area contributed by atoms with Gasteiger partial charge in [0.1, 0.15) is 11.8 Å². The lowest BCUT2D eigenvalue weighted by atomic mass is 9.70. The van der Waals surface area contributed by atoms with Gasteiger partial charge in [0.15, 0.2) is 0 Å². The summed E-state index contributed by atoms with van der Waals surface area (Å²) in [5, 5.41) is 9.02. The fourth-order valence-electron chi connectivity index (χ4n) is 4.63. The summed E-state index contributed by atoms with van der Waals surface area (Å²) >= 11 is 1.58. The summed E-state index contributed by atoms with van der Waals surface area (Å²) in [6.45, 7) is 6.44. The molecule has 0 spiro atoms. The van der Waals surface area contributed by atoms with Gasteiger partial charge in [0.2, 0.25) is 0 Å². The molecule has 2 fully saturated rings. The third-order valence-corrected chi connectivity index (χ3v) is 7.77. The largest absolute Gasteiger partial charge is 0.480 e.